The second-order valence-corrected chi connectivity index (χ2v) is 16.9. The van der Waals surface area contributed by atoms with Crippen LogP contribution in [0, 0.1) is 0 Å². The molecule has 92 valence electrons. The molecule has 0 unspecified atom stereocenters. The van der Waals surface area contributed by atoms with Crippen molar-refractivity contribution in [1.29, 1.82) is 0 Å². The van der Waals surface area contributed by atoms with Crippen molar-refractivity contribution in [2.75, 3.05) is 0 Å². The van der Waals surface area contributed by atoms with Gasteiger partial charge in [-0.3, -0.25) is 0 Å². The summed E-state index contributed by atoms with van der Waals surface area (Å²) in [6.45, 7) is 14.3. The fraction of sp³-hybridized carbons (Fsp3) is 0.429. The van der Waals surface area contributed by atoms with Crippen molar-refractivity contribution < 1.29 is 0 Å². The third-order valence-electron chi connectivity index (χ3n) is 2.55. The number of benzene rings is 1. The molecule has 0 N–H and O–H groups in total. The molecule has 0 atom stereocenters. The molecule has 0 aliphatic rings. The van der Waals surface area contributed by atoms with E-state index >= 15 is 0 Å². The van der Waals surface area contributed by atoms with Gasteiger partial charge in [0.2, 0.25) is 0 Å². The zero-order valence-corrected chi connectivity index (χ0v) is 13.8. The van der Waals surface area contributed by atoms with Gasteiger partial charge in [0.15, 0.2) is 0 Å². The number of hydrogen-bond acceptors (Lipinski definition) is 1. The maximum atomic E-state index is 4.52. The summed E-state index contributed by atoms with van der Waals surface area (Å²) in [5.74, 6) is 3.38. The lowest BCUT2D eigenvalue weighted by Crippen LogP contribution is -2.40. The average Bonchev–Trinajstić information content (AvgIpc) is 2.15. The van der Waals surface area contributed by atoms with Crippen LogP contribution in [-0.2, 0) is 0 Å². The van der Waals surface area contributed by atoms with Crippen LogP contribution < -0.4 is 0 Å². The molecular formula is C14H23NSi2. The molecule has 3 heteroatoms. The van der Waals surface area contributed by atoms with Gasteiger partial charge in [0.05, 0.1) is 21.8 Å². The molecule has 0 radical (unpaired) electrons. The number of hydrogen-bond donors (Lipinski definition) is 0. The van der Waals surface area contributed by atoms with Gasteiger partial charge in [0.25, 0.3) is 0 Å². The van der Waals surface area contributed by atoms with E-state index in [-0.39, 0.29) is 0 Å². The first-order valence-electron chi connectivity index (χ1n) is 6.11. The van der Waals surface area contributed by atoms with Gasteiger partial charge < -0.3 is 0 Å². The summed E-state index contributed by atoms with van der Waals surface area (Å²) >= 11 is 0. The Labute approximate surface area is 107 Å². The Kier molecular flexibility index (Phi) is 4.31. The van der Waals surface area contributed by atoms with Crippen LogP contribution in [0.25, 0.3) is 0 Å². The van der Waals surface area contributed by atoms with Gasteiger partial charge in [0.1, 0.15) is 0 Å². The monoisotopic (exact) mass is 261 g/mol. The number of para-hydroxylation sites is 1. The lowest BCUT2D eigenvalue weighted by Gasteiger charge is -2.28. The minimum Gasteiger partial charge on any atom is -0.207 e. The Morgan fingerprint density at radius 2 is 1.35 bits per heavy atom. The van der Waals surface area contributed by atoms with Crippen LogP contribution in [0.2, 0.25) is 39.3 Å². The summed E-state index contributed by atoms with van der Waals surface area (Å²) in [7, 11) is -2.60. The van der Waals surface area contributed by atoms with Gasteiger partial charge in [-0.1, -0.05) is 57.5 Å². The first-order chi connectivity index (χ1) is 7.71. The molecule has 0 spiro atoms. The van der Waals surface area contributed by atoms with Crippen LogP contribution in [0.4, 0.5) is 5.69 Å². The van der Waals surface area contributed by atoms with E-state index in [2.05, 4.69) is 50.1 Å². The lowest BCUT2D eigenvalue weighted by molar-refractivity contribution is 1.54. The third kappa shape index (κ3) is 4.46. The van der Waals surface area contributed by atoms with Gasteiger partial charge in [-0.15, -0.1) is 0 Å². The molecule has 0 aromatic heterocycles. The second-order valence-electron chi connectivity index (χ2n) is 6.43. The van der Waals surface area contributed by atoms with E-state index in [4.69, 9.17) is 0 Å². The molecule has 1 nitrogen and oxygen atoms in total. The zero-order valence-electron chi connectivity index (χ0n) is 11.8. The van der Waals surface area contributed by atoms with E-state index < -0.39 is 16.1 Å². The predicted molar refractivity (Wildman–Crippen MR) is 83.7 cm³/mol. The molecule has 0 aliphatic carbocycles. The van der Waals surface area contributed by atoms with Crippen LogP contribution in [-0.4, -0.2) is 22.0 Å². The highest BCUT2D eigenvalue weighted by molar-refractivity contribution is 7.06. The van der Waals surface area contributed by atoms with Crippen molar-refractivity contribution in [1.82, 2.24) is 0 Å². The molecule has 0 saturated heterocycles. The highest BCUT2D eigenvalue weighted by Crippen LogP contribution is 2.23. The second kappa shape index (κ2) is 5.17. The summed E-state index contributed by atoms with van der Waals surface area (Å²) in [6, 6.07) is 10.1. The van der Waals surface area contributed by atoms with E-state index in [1.54, 1.807) is 0 Å². The van der Waals surface area contributed by atoms with Crippen LogP contribution in [0.3, 0.4) is 0 Å². The molecule has 0 fully saturated rings. The molecule has 0 aliphatic heterocycles. The quantitative estimate of drug-likeness (QED) is 0.554. The molecule has 0 heterocycles. The normalized spacial score (nSPS) is 11.9. The molecule has 1 aromatic carbocycles. The number of aliphatic imine (C=N–C) groups is 1. The molecule has 0 bridgehead atoms. The van der Waals surface area contributed by atoms with E-state index in [0.29, 0.717) is 0 Å². The lowest BCUT2D eigenvalue weighted by atomic mass is 10.3. The predicted octanol–water partition coefficient (Wildman–Crippen LogP) is 4.67. The maximum Gasteiger partial charge on any atom is 0.0793 e. The third-order valence-corrected chi connectivity index (χ3v) is 10.3. The topological polar surface area (TPSA) is 12.4 Å². The highest BCUT2D eigenvalue weighted by Gasteiger charge is 2.31. The summed E-state index contributed by atoms with van der Waals surface area (Å²) in [5.41, 5.74) is 1.00. The van der Waals surface area contributed by atoms with E-state index in [0.717, 1.165) is 5.69 Å². The largest absolute Gasteiger partial charge is 0.207 e. The Morgan fingerprint density at radius 3 is 1.76 bits per heavy atom. The average molecular weight is 262 g/mol. The van der Waals surface area contributed by atoms with Crippen molar-refractivity contribution in [3.8, 4) is 0 Å². The Morgan fingerprint density at radius 1 is 0.882 bits per heavy atom. The molecule has 17 heavy (non-hydrogen) atoms. The summed E-state index contributed by atoms with van der Waals surface area (Å²) in [5, 5.41) is 0. The van der Waals surface area contributed by atoms with Crippen molar-refractivity contribution in [2.45, 2.75) is 39.3 Å². The summed E-state index contributed by atoms with van der Waals surface area (Å²) in [4.78, 5) is 6.04. The Bertz CT molecular complexity index is 414. The van der Waals surface area contributed by atoms with E-state index in [9.17, 15) is 0 Å². The summed E-state index contributed by atoms with van der Waals surface area (Å²) < 4.78 is 0. The number of rotatable bonds is 3. The van der Waals surface area contributed by atoms with Crippen molar-refractivity contribution in [3.63, 3.8) is 0 Å². The number of nitrogens with zero attached hydrogens (tertiary/aromatic N) is 1. The van der Waals surface area contributed by atoms with Crippen LogP contribution in [0.1, 0.15) is 0 Å². The van der Waals surface area contributed by atoms with Gasteiger partial charge >= 0.3 is 0 Å². The van der Waals surface area contributed by atoms with Crippen molar-refractivity contribution in [2.24, 2.45) is 4.99 Å². The highest BCUT2D eigenvalue weighted by atomic mass is 28.4. The summed E-state index contributed by atoms with van der Waals surface area (Å²) in [6.07, 6.45) is 0. The standard InChI is InChI=1S/C14H23NSi2/c1-16(2,3)14(17(4,5)6)12-15-13-10-8-7-9-11-13/h7-11H,1-6H3. The zero-order chi connectivity index (χ0) is 13.1. The molecule has 1 aromatic rings. The molecular weight excluding hydrogens is 238 g/mol. The van der Waals surface area contributed by atoms with Gasteiger partial charge in [-0.2, -0.15) is 0 Å². The fourth-order valence-electron chi connectivity index (χ4n) is 2.08. The smallest absolute Gasteiger partial charge is 0.0793 e. The molecule has 0 saturated carbocycles. The van der Waals surface area contributed by atoms with Crippen molar-refractivity contribution in [3.05, 3.63) is 35.2 Å². The van der Waals surface area contributed by atoms with Gasteiger partial charge in [0, 0.05) is 0 Å². The Balaban J connectivity index is 3.21. The van der Waals surface area contributed by atoms with Gasteiger partial charge in [-0.05, 0) is 22.8 Å². The SMILES string of the molecule is C[Si](C)(C)C(=C=Nc1ccccc1)[Si](C)(C)C. The molecule has 0 amide bonds. The van der Waals surface area contributed by atoms with Crippen LogP contribution >= 0.6 is 0 Å². The fourth-order valence-corrected chi connectivity index (χ4v) is 11.9. The van der Waals surface area contributed by atoms with E-state index in [1.807, 2.05) is 30.3 Å². The Hall–Kier alpha value is -0.896. The molecule has 1 rings (SSSR count). The maximum absolute atomic E-state index is 4.52. The minimum atomic E-state index is -1.30. The van der Waals surface area contributed by atoms with Crippen LogP contribution in [0.5, 0.6) is 0 Å². The minimum absolute atomic E-state index is 1.00. The first kappa shape index (κ1) is 14.2. The van der Waals surface area contributed by atoms with Crippen molar-refractivity contribution >= 4 is 27.7 Å². The van der Waals surface area contributed by atoms with Crippen LogP contribution in [0.15, 0.2) is 40.1 Å². The van der Waals surface area contributed by atoms with Gasteiger partial charge in [-0.25, -0.2) is 4.99 Å². The van der Waals surface area contributed by atoms with E-state index in [1.165, 1.54) is 4.82 Å². The first-order valence-corrected chi connectivity index (χ1v) is 13.1.